The second kappa shape index (κ2) is 5.09. The standard InChI is InChI=1S/C12H13BrF3NO/c13-9-5-8(12(14,15)16)3-4-10(9)17-6-11(18)7-1-2-7/h3-5,7,11,17-18H,1-2,6H2. The first-order chi connectivity index (χ1) is 8.38. The first-order valence-electron chi connectivity index (χ1n) is 5.66. The predicted octanol–water partition coefficient (Wildman–Crippen LogP) is 3.65. The molecule has 100 valence electrons. The predicted molar refractivity (Wildman–Crippen MR) is 66.4 cm³/mol. The number of anilines is 1. The van der Waals surface area contributed by atoms with E-state index in [0.717, 1.165) is 25.0 Å². The van der Waals surface area contributed by atoms with Gasteiger partial charge < -0.3 is 10.4 Å². The van der Waals surface area contributed by atoms with Crippen LogP contribution in [-0.2, 0) is 6.18 Å². The van der Waals surface area contributed by atoms with E-state index in [9.17, 15) is 18.3 Å². The second-order valence-corrected chi connectivity index (χ2v) is 5.33. The molecule has 1 saturated carbocycles. The van der Waals surface area contributed by atoms with E-state index >= 15 is 0 Å². The van der Waals surface area contributed by atoms with Crippen molar-refractivity contribution in [1.82, 2.24) is 0 Å². The van der Waals surface area contributed by atoms with Gasteiger partial charge in [-0.25, -0.2) is 0 Å². The van der Waals surface area contributed by atoms with E-state index in [-0.39, 0.29) is 0 Å². The van der Waals surface area contributed by atoms with Gasteiger partial charge in [0.15, 0.2) is 0 Å². The third-order valence-electron chi connectivity index (χ3n) is 2.96. The number of hydrogen-bond donors (Lipinski definition) is 2. The van der Waals surface area contributed by atoms with Gasteiger partial charge in [0.05, 0.1) is 11.7 Å². The molecule has 0 bridgehead atoms. The minimum absolute atomic E-state index is 0.339. The van der Waals surface area contributed by atoms with Crippen LogP contribution < -0.4 is 5.32 Å². The van der Waals surface area contributed by atoms with Crippen molar-refractivity contribution in [3.8, 4) is 0 Å². The third-order valence-corrected chi connectivity index (χ3v) is 3.62. The number of aliphatic hydroxyl groups excluding tert-OH is 1. The van der Waals surface area contributed by atoms with Crippen LogP contribution in [0.5, 0.6) is 0 Å². The van der Waals surface area contributed by atoms with Crippen LogP contribution in [0.1, 0.15) is 18.4 Å². The van der Waals surface area contributed by atoms with Crippen LogP contribution in [0, 0.1) is 5.92 Å². The van der Waals surface area contributed by atoms with Crippen LogP contribution in [0.15, 0.2) is 22.7 Å². The molecule has 1 aromatic rings. The number of alkyl halides is 3. The number of benzene rings is 1. The molecule has 0 heterocycles. The van der Waals surface area contributed by atoms with E-state index in [0.29, 0.717) is 22.6 Å². The highest BCUT2D eigenvalue weighted by molar-refractivity contribution is 9.10. The summed E-state index contributed by atoms with van der Waals surface area (Å²) in [5, 5.41) is 12.6. The molecule has 0 saturated heterocycles. The lowest BCUT2D eigenvalue weighted by Gasteiger charge is -2.14. The van der Waals surface area contributed by atoms with Crippen molar-refractivity contribution in [1.29, 1.82) is 0 Å². The van der Waals surface area contributed by atoms with Gasteiger partial charge in [-0.2, -0.15) is 13.2 Å². The van der Waals surface area contributed by atoms with Crippen LogP contribution in [0.4, 0.5) is 18.9 Å². The molecule has 0 aromatic heterocycles. The Labute approximate surface area is 111 Å². The number of aliphatic hydroxyl groups is 1. The zero-order valence-electron chi connectivity index (χ0n) is 9.47. The molecule has 6 heteroatoms. The van der Waals surface area contributed by atoms with Crippen LogP contribution in [-0.4, -0.2) is 17.8 Å². The average Bonchev–Trinajstić information content (AvgIpc) is 3.09. The smallest absolute Gasteiger partial charge is 0.391 e. The number of hydrogen-bond acceptors (Lipinski definition) is 2. The van der Waals surface area contributed by atoms with Crippen molar-refractivity contribution in [3.63, 3.8) is 0 Å². The molecule has 0 aliphatic heterocycles. The van der Waals surface area contributed by atoms with Crippen molar-refractivity contribution < 1.29 is 18.3 Å². The van der Waals surface area contributed by atoms with Crippen molar-refractivity contribution in [2.24, 2.45) is 5.92 Å². The molecule has 0 amide bonds. The molecule has 1 atom stereocenters. The van der Waals surface area contributed by atoms with Gasteiger partial charge in [-0.1, -0.05) is 0 Å². The maximum atomic E-state index is 12.4. The summed E-state index contributed by atoms with van der Waals surface area (Å²) < 4.78 is 37.7. The van der Waals surface area contributed by atoms with Gasteiger partial charge in [0.25, 0.3) is 0 Å². The summed E-state index contributed by atoms with van der Waals surface area (Å²) in [5.41, 5.74) is -0.134. The molecular weight excluding hydrogens is 311 g/mol. The van der Waals surface area contributed by atoms with Crippen LogP contribution in [0.2, 0.25) is 0 Å². The summed E-state index contributed by atoms with van der Waals surface area (Å²) in [6.45, 7) is 0.356. The normalized spacial score (nSPS) is 17.6. The van der Waals surface area contributed by atoms with E-state index in [1.165, 1.54) is 6.07 Å². The lowest BCUT2D eigenvalue weighted by atomic mass is 10.2. The lowest BCUT2D eigenvalue weighted by molar-refractivity contribution is -0.137. The summed E-state index contributed by atoms with van der Waals surface area (Å²) in [4.78, 5) is 0. The monoisotopic (exact) mass is 323 g/mol. The molecule has 1 aromatic carbocycles. The third kappa shape index (κ3) is 3.38. The van der Waals surface area contributed by atoms with Gasteiger partial charge in [0.1, 0.15) is 0 Å². The van der Waals surface area contributed by atoms with Crippen LogP contribution >= 0.6 is 15.9 Å². The van der Waals surface area contributed by atoms with Crippen LogP contribution in [0.25, 0.3) is 0 Å². The van der Waals surface area contributed by atoms with Gasteiger partial charge in [-0.3, -0.25) is 0 Å². The van der Waals surface area contributed by atoms with Crippen molar-refractivity contribution in [2.75, 3.05) is 11.9 Å². The van der Waals surface area contributed by atoms with Crippen molar-refractivity contribution in [3.05, 3.63) is 28.2 Å². The molecule has 2 rings (SSSR count). The summed E-state index contributed by atoms with van der Waals surface area (Å²) in [6.07, 6.45) is -2.72. The summed E-state index contributed by atoms with van der Waals surface area (Å²) in [5.74, 6) is 0.339. The van der Waals surface area contributed by atoms with Gasteiger partial charge in [0, 0.05) is 16.7 Å². The van der Waals surface area contributed by atoms with Crippen molar-refractivity contribution in [2.45, 2.75) is 25.1 Å². The van der Waals surface area contributed by atoms with Gasteiger partial charge in [-0.15, -0.1) is 0 Å². The molecule has 1 aliphatic rings. The molecule has 0 spiro atoms. The Kier molecular flexibility index (Phi) is 3.87. The highest BCUT2D eigenvalue weighted by atomic mass is 79.9. The largest absolute Gasteiger partial charge is 0.416 e. The quantitative estimate of drug-likeness (QED) is 0.886. The molecule has 1 aliphatic carbocycles. The fourth-order valence-corrected chi connectivity index (χ4v) is 2.22. The fourth-order valence-electron chi connectivity index (χ4n) is 1.70. The Balaban J connectivity index is 2.00. The molecule has 1 fully saturated rings. The van der Waals surface area contributed by atoms with Crippen molar-refractivity contribution >= 4 is 21.6 Å². The lowest BCUT2D eigenvalue weighted by Crippen LogP contribution is -2.21. The van der Waals surface area contributed by atoms with Crippen LogP contribution in [0.3, 0.4) is 0 Å². The molecule has 1 unspecified atom stereocenters. The maximum Gasteiger partial charge on any atom is 0.416 e. The molecule has 2 N–H and O–H groups in total. The zero-order valence-corrected chi connectivity index (χ0v) is 11.1. The summed E-state index contributed by atoms with van der Waals surface area (Å²) in [7, 11) is 0. The maximum absolute atomic E-state index is 12.4. The Bertz CT molecular complexity index is 432. The Morgan fingerprint density at radius 2 is 2.06 bits per heavy atom. The topological polar surface area (TPSA) is 32.3 Å². The van der Waals surface area contributed by atoms with E-state index in [1.807, 2.05) is 0 Å². The number of nitrogens with one attached hydrogen (secondary N) is 1. The van der Waals surface area contributed by atoms with E-state index in [2.05, 4.69) is 21.2 Å². The van der Waals surface area contributed by atoms with E-state index in [1.54, 1.807) is 0 Å². The van der Waals surface area contributed by atoms with Gasteiger partial charge in [0.2, 0.25) is 0 Å². The molecule has 0 radical (unpaired) electrons. The number of halogens is 4. The van der Waals surface area contributed by atoms with E-state index < -0.39 is 17.8 Å². The van der Waals surface area contributed by atoms with Gasteiger partial charge in [-0.05, 0) is 52.9 Å². The average molecular weight is 324 g/mol. The molecule has 2 nitrogen and oxygen atoms in total. The summed E-state index contributed by atoms with van der Waals surface area (Å²) >= 11 is 3.10. The van der Waals surface area contributed by atoms with E-state index in [4.69, 9.17) is 0 Å². The zero-order chi connectivity index (χ0) is 13.3. The minimum Gasteiger partial charge on any atom is -0.391 e. The Morgan fingerprint density at radius 1 is 1.39 bits per heavy atom. The highest BCUT2D eigenvalue weighted by Gasteiger charge is 2.31. The second-order valence-electron chi connectivity index (χ2n) is 4.48. The Morgan fingerprint density at radius 3 is 2.56 bits per heavy atom. The number of rotatable bonds is 4. The molecule has 18 heavy (non-hydrogen) atoms. The Hall–Kier alpha value is -0.750. The van der Waals surface area contributed by atoms with Gasteiger partial charge >= 0.3 is 6.18 Å². The SMILES string of the molecule is OC(CNc1ccc(C(F)(F)F)cc1Br)C1CC1. The fraction of sp³-hybridized carbons (Fsp3) is 0.500. The molecular formula is C12H13BrF3NO. The summed E-state index contributed by atoms with van der Waals surface area (Å²) in [6, 6.07) is 3.43. The first-order valence-corrected chi connectivity index (χ1v) is 6.46. The highest BCUT2D eigenvalue weighted by Crippen LogP contribution is 2.35. The minimum atomic E-state index is -4.34. The first kappa shape index (κ1) is 13.7.